The smallest absolute Gasteiger partial charge is 0.161 e. The number of unbranched alkanes of at least 4 members (excludes halogenated alkanes) is 4. The lowest BCUT2D eigenvalue weighted by Crippen LogP contribution is -2.43. The summed E-state index contributed by atoms with van der Waals surface area (Å²) in [5.74, 6) is 38.0. The molecular formula is C76H114O4Si2. The number of ether oxygens (including phenoxy) is 4. The van der Waals surface area contributed by atoms with Gasteiger partial charge in [-0.25, -0.2) is 0 Å². The van der Waals surface area contributed by atoms with Gasteiger partial charge in [-0.3, -0.25) is 0 Å². The van der Waals surface area contributed by atoms with Crippen LogP contribution in [0, 0.1) is 94.0 Å². The molecule has 0 N–H and O–H groups in total. The van der Waals surface area contributed by atoms with Gasteiger partial charge in [0.1, 0.15) is 16.1 Å². The SMILES string of the molecule is CCCCC(CC)COc1cc2c(C#CC#CC#C[Si](C(C)C)(C(C)C)C(C)C)c(C#CC#CC#C[Si](C(C)C)(C(C)C)C(C)C)c3cc(OCC(CC)CCCC)c(OCC(CC)CCCC)cc3c2cc1OCC(CC)CCCC. The normalized spacial score (nSPS) is 13.0. The number of rotatable bonds is 34. The Labute approximate surface area is 507 Å². The van der Waals surface area contributed by atoms with Crippen molar-refractivity contribution in [3.8, 4) is 93.3 Å². The van der Waals surface area contributed by atoms with Gasteiger partial charge in [0, 0.05) is 21.9 Å². The Morgan fingerprint density at radius 1 is 0.317 bits per heavy atom. The molecule has 0 fully saturated rings. The van der Waals surface area contributed by atoms with Gasteiger partial charge in [0.05, 0.1) is 26.4 Å². The molecule has 4 nitrogen and oxygen atoms in total. The second-order valence-corrected chi connectivity index (χ2v) is 36.8. The molecular weight excluding hydrogens is 1030 g/mol. The second-order valence-electron chi connectivity index (χ2n) is 25.6. The molecule has 0 heterocycles. The highest BCUT2D eigenvalue weighted by molar-refractivity contribution is 6.91. The molecule has 0 saturated heterocycles. The van der Waals surface area contributed by atoms with Crippen molar-refractivity contribution in [1.29, 1.82) is 0 Å². The third kappa shape index (κ3) is 20.2. The summed E-state index contributed by atoms with van der Waals surface area (Å²) in [5.41, 5.74) is 12.1. The Morgan fingerprint density at radius 2 is 0.549 bits per heavy atom. The van der Waals surface area contributed by atoms with Crippen LogP contribution in [0.3, 0.4) is 0 Å². The van der Waals surface area contributed by atoms with Gasteiger partial charge in [-0.15, -0.1) is 11.1 Å². The van der Waals surface area contributed by atoms with E-state index in [0.717, 1.165) is 133 Å². The zero-order valence-corrected chi connectivity index (χ0v) is 57.9. The van der Waals surface area contributed by atoms with Gasteiger partial charge >= 0.3 is 0 Å². The molecule has 4 unspecified atom stereocenters. The van der Waals surface area contributed by atoms with Gasteiger partial charge in [-0.1, -0.05) is 227 Å². The lowest BCUT2D eigenvalue weighted by molar-refractivity contribution is 0.199. The lowest BCUT2D eigenvalue weighted by Gasteiger charge is -2.37. The van der Waals surface area contributed by atoms with Crippen LogP contribution in [0.5, 0.6) is 23.0 Å². The summed E-state index contributed by atoms with van der Waals surface area (Å²) < 4.78 is 28.1. The minimum Gasteiger partial charge on any atom is -0.489 e. The molecule has 0 aliphatic heterocycles. The van der Waals surface area contributed by atoms with Crippen LogP contribution in [0.25, 0.3) is 21.5 Å². The van der Waals surface area contributed by atoms with Crippen molar-refractivity contribution in [1.82, 2.24) is 0 Å². The maximum Gasteiger partial charge on any atom is 0.161 e. The quantitative estimate of drug-likeness (QED) is 0.0339. The summed E-state index contributed by atoms with van der Waals surface area (Å²) in [6.45, 7) is 48.6. The topological polar surface area (TPSA) is 36.9 Å². The van der Waals surface area contributed by atoms with E-state index in [2.05, 4.69) is 233 Å². The monoisotopic (exact) mass is 1150 g/mol. The summed E-state index contributed by atoms with van der Waals surface area (Å²) in [7, 11) is -3.99. The molecule has 450 valence electrons. The van der Waals surface area contributed by atoms with Crippen molar-refractivity contribution in [2.75, 3.05) is 26.4 Å². The first-order valence-corrected chi connectivity index (χ1v) is 37.5. The van der Waals surface area contributed by atoms with E-state index in [9.17, 15) is 0 Å². The summed E-state index contributed by atoms with van der Waals surface area (Å²) in [4.78, 5) is 0. The van der Waals surface area contributed by atoms with Crippen molar-refractivity contribution in [3.63, 3.8) is 0 Å². The van der Waals surface area contributed by atoms with Crippen molar-refractivity contribution in [3.05, 3.63) is 35.4 Å². The van der Waals surface area contributed by atoms with E-state index in [1.807, 2.05) is 0 Å². The zero-order valence-electron chi connectivity index (χ0n) is 55.9. The Hall–Kier alpha value is -4.83. The third-order valence-corrected chi connectivity index (χ3v) is 30.9. The zero-order chi connectivity index (χ0) is 60.8. The van der Waals surface area contributed by atoms with E-state index in [0.29, 0.717) is 83.3 Å². The van der Waals surface area contributed by atoms with Crippen LogP contribution in [-0.4, -0.2) is 42.6 Å². The van der Waals surface area contributed by atoms with E-state index < -0.39 is 16.1 Å². The summed E-state index contributed by atoms with van der Waals surface area (Å²) in [5, 5.41) is 3.80. The van der Waals surface area contributed by atoms with E-state index in [1.165, 1.54) is 25.7 Å². The van der Waals surface area contributed by atoms with Crippen LogP contribution < -0.4 is 18.9 Å². The lowest BCUT2D eigenvalue weighted by atomic mass is 9.90. The molecule has 4 atom stereocenters. The number of hydrogen-bond donors (Lipinski definition) is 0. The molecule has 0 bridgehead atoms. The standard InChI is InChI=1S/C76H114O4Si2/c1-21-29-41-63(25-5)53-77-73-49-69-67(45-37-33-35-39-47-81(57(9)10,58(11)12)59(13)14)68(46-38-34-36-40-48-82(60(15)16,61(17)18)62(19)20)70-50-74(78-54-64(26-6)42-30-22-2)76(80-56-66(28-8)44-32-24-4)52-72(70)71(69)51-75(73)79-55-65(27-7)43-31-23-3/h49-52,57-66H,21-32,41-44,53-56H2,1-20H3. The van der Waals surface area contributed by atoms with Crippen LogP contribution in [0.15, 0.2) is 24.3 Å². The molecule has 0 aliphatic rings. The summed E-state index contributed by atoms with van der Waals surface area (Å²) in [6.07, 6.45) is 18.0. The molecule has 0 saturated carbocycles. The maximum atomic E-state index is 7.02. The fourth-order valence-electron chi connectivity index (χ4n) is 12.8. The van der Waals surface area contributed by atoms with E-state index in [1.54, 1.807) is 0 Å². The van der Waals surface area contributed by atoms with Gasteiger partial charge in [0.2, 0.25) is 0 Å². The Bertz CT molecular complexity index is 2580. The van der Waals surface area contributed by atoms with Crippen molar-refractivity contribution in [2.45, 2.75) is 274 Å². The first kappa shape index (κ1) is 71.4. The van der Waals surface area contributed by atoms with Crippen molar-refractivity contribution < 1.29 is 18.9 Å². The van der Waals surface area contributed by atoms with Gasteiger partial charge < -0.3 is 18.9 Å². The molecule has 0 radical (unpaired) electrons. The van der Waals surface area contributed by atoms with Crippen LogP contribution >= 0.6 is 0 Å². The predicted molar refractivity (Wildman–Crippen MR) is 364 cm³/mol. The van der Waals surface area contributed by atoms with Gasteiger partial charge in [0.15, 0.2) is 23.0 Å². The average Bonchev–Trinajstić information content (AvgIpc) is 3.60. The van der Waals surface area contributed by atoms with Crippen molar-refractivity contribution in [2.24, 2.45) is 23.7 Å². The van der Waals surface area contributed by atoms with Crippen molar-refractivity contribution >= 4 is 37.7 Å². The minimum atomic E-state index is -2.00. The molecule has 0 amide bonds. The van der Waals surface area contributed by atoms with Gasteiger partial charge in [0.25, 0.3) is 0 Å². The molecule has 3 aromatic rings. The number of hydrogen-bond acceptors (Lipinski definition) is 4. The fraction of sp³-hybridized carbons (Fsp3) is 0.658. The Kier molecular flexibility index (Phi) is 32.6. The third-order valence-electron chi connectivity index (χ3n) is 18.4. The van der Waals surface area contributed by atoms with E-state index in [4.69, 9.17) is 18.9 Å². The second kappa shape index (κ2) is 37.5. The largest absolute Gasteiger partial charge is 0.489 e. The minimum absolute atomic E-state index is 0.418. The molecule has 0 aliphatic carbocycles. The van der Waals surface area contributed by atoms with Crippen LogP contribution in [0.4, 0.5) is 0 Å². The van der Waals surface area contributed by atoms with Crippen LogP contribution in [-0.2, 0) is 0 Å². The van der Waals surface area contributed by atoms with E-state index >= 15 is 0 Å². The Morgan fingerprint density at radius 3 is 0.768 bits per heavy atom. The molecule has 6 heteroatoms. The Balaban J connectivity index is 2.75. The molecule has 3 aromatic carbocycles. The average molecular weight is 1150 g/mol. The maximum absolute atomic E-state index is 7.02. The van der Waals surface area contributed by atoms with Gasteiger partial charge in [-0.05, 0) is 165 Å². The van der Waals surface area contributed by atoms with Crippen LogP contribution in [0.2, 0.25) is 33.2 Å². The highest BCUT2D eigenvalue weighted by Gasteiger charge is 2.42. The molecule has 0 spiro atoms. The first-order chi connectivity index (χ1) is 39.3. The summed E-state index contributed by atoms with van der Waals surface area (Å²) >= 11 is 0. The number of benzene rings is 3. The number of fused-ring (bicyclic) bond motifs is 3. The summed E-state index contributed by atoms with van der Waals surface area (Å²) in [6, 6.07) is 8.77. The molecule has 0 aromatic heterocycles. The van der Waals surface area contributed by atoms with E-state index in [-0.39, 0.29) is 0 Å². The highest BCUT2D eigenvalue weighted by atomic mass is 28.3. The molecule has 3 rings (SSSR count). The molecule has 82 heavy (non-hydrogen) atoms. The highest BCUT2D eigenvalue weighted by Crippen LogP contribution is 2.45. The van der Waals surface area contributed by atoms with Gasteiger partial charge in [-0.2, -0.15) is 0 Å². The van der Waals surface area contributed by atoms with Crippen LogP contribution in [0.1, 0.15) is 252 Å². The first-order valence-electron chi connectivity index (χ1n) is 33.0. The fourth-order valence-corrected chi connectivity index (χ4v) is 23.1. The predicted octanol–water partition coefficient (Wildman–Crippen LogP) is 21.5.